The maximum atomic E-state index is 5.77. The molecule has 0 spiro atoms. The fourth-order valence-corrected chi connectivity index (χ4v) is 2.29. The Balaban J connectivity index is 1.68. The van der Waals surface area contributed by atoms with Crippen LogP contribution in [-0.2, 0) is 11.3 Å². The lowest BCUT2D eigenvalue weighted by atomic mass is 9.95. The molecule has 4 nitrogen and oxygen atoms in total. The van der Waals surface area contributed by atoms with Crippen molar-refractivity contribution in [2.75, 3.05) is 13.2 Å². The van der Waals surface area contributed by atoms with E-state index in [1.807, 2.05) is 18.7 Å². The van der Waals surface area contributed by atoms with Gasteiger partial charge in [0.25, 0.3) is 0 Å². The lowest BCUT2D eigenvalue weighted by Gasteiger charge is -2.32. The van der Waals surface area contributed by atoms with Gasteiger partial charge in [-0.2, -0.15) is 0 Å². The van der Waals surface area contributed by atoms with Crippen LogP contribution < -0.4 is 5.32 Å². The van der Waals surface area contributed by atoms with Gasteiger partial charge in [0.15, 0.2) is 0 Å². The molecular weight excluding hydrogens is 214 g/mol. The zero-order valence-corrected chi connectivity index (χ0v) is 10.8. The molecule has 2 unspecified atom stereocenters. The van der Waals surface area contributed by atoms with Gasteiger partial charge in [0.1, 0.15) is 0 Å². The molecule has 0 radical (unpaired) electrons. The van der Waals surface area contributed by atoms with Crippen LogP contribution in [0.4, 0.5) is 0 Å². The van der Waals surface area contributed by atoms with Gasteiger partial charge in [0.05, 0.1) is 12.4 Å². The summed E-state index contributed by atoms with van der Waals surface area (Å²) in [5.41, 5.74) is 0. The second kappa shape index (κ2) is 6.17. The standard InChI is InChI=1S/C13H23N3O/c1-11(2)13-9-12(3-8-17-13)15-5-7-16-6-4-14-10-16/h4,6,10-13,15H,3,5,7-9H2,1-2H3. The third kappa shape index (κ3) is 3.82. The monoisotopic (exact) mass is 237 g/mol. The van der Waals surface area contributed by atoms with Crippen LogP contribution in [0.2, 0.25) is 0 Å². The highest BCUT2D eigenvalue weighted by atomic mass is 16.5. The van der Waals surface area contributed by atoms with Gasteiger partial charge in [-0.1, -0.05) is 13.8 Å². The second-order valence-corrected chi connectivity index (χ2v) is 5.13. The van der Waals surface area contributed by atoms with Crippen LogP contribution >= 0.6 is 0 Å². The highest BCUT2D eigenvalue weighted by molar-refractivity contribution is 4.79. The van der Waals surface area contributed by atoms with E-state index in [4.69, 9.17) is 4.74 Å². The number of imidazole rings is 1. The predicted octanol–water partition coefficient (Wildman–Crippen LogP) is 1.68. The molecule has 0 aliphatic carbocycles. The predicted molar refractivity (Wildman–Crippen MR) is 67.8 cm³/mol. The van der Waals surface area contributed by atoms with Crippen molar-refractivity contribution in [1.29, 1.82) is 0 Å². The highest BCUT2D eigenvalue weighted by Crippen LogP contribution is 2.19. The molecule has 0 bridgehead atoms. The van der Waals surface area contributed by atoms with Crippen LogP contribution in [0.15, 0.2) is 18.7 Å². The summed E-state index contributed by atoms with van der Waals surface area (Å²) < 4.78 is 7.87. The van der Waals surface area contributed by atoms with Crippen LogP contribution in [0.1, 0.15) is 26.7 Å². The van der Waals surface area contributed by atoms with E-state index in [1.165, 1.54) is 0 Å². The van der Waals surface area contributed by atoms with Crippen molar-refractivity contribution >= 4 is 0 Å². The molecular formula is C13H23N3O. The molecule has 0 aromatic carbocycles. The molecule has 1 N–H and O–H groups in total. The molecule has 2 heterocycles. The molecule has 4 heteroatoms. The van der Waals surface area contributed by atoms with E-state index in [0.717, 1.165) is 32.5 Å². The smallest absolute Gasteiger partial charge is 0.0946 e. The summed E-state index contributed by atoms with van der Waals surface area (Å²) in [6.07, 6.45) is 8.39. The van der Waals surface area contributed by atoms with Crippen molar-refractivity contribution in [1.82, 2.24) is 14.9 Å². The normalized spacial score (nSPS) is 25.4. The van der Waals surface area contributed by atoms with Gasteiger partial charge in [0.2, 0.25) is 0 Å². The molecule has 96 valence electrons. The molecule has 17 heavy (non-hydrogen) atoms. The van der Waals surface area contributed by atoms with E-state index in [0.29, 0.717) is 18.1 Å². The number of ether oxygens (including phenoxy) is 1. The van der Waals surface area contributed by atoms with E-state index >= 15 is 0 Å². The number of rotatable bonds is 5. The average molecular weight is 237 g/mol. The lowest BCUT2D eigenvalue weighted by molar-refractivity contribution is -0.0243. The number of aromatic nitrogens is 2. The van der Waals surface area contributed by atoms with Gasteiger partial charge in [-0.25, -0.2) is 4.98 Å². The van der Waals surface area contributed by atoms with Crippen molar-refractivity contribution in [3.63, 3.8) is 0 Å². The fourth-order valence-electron chi connectivity index (χ4n) is 2.29. The van der Waals surface area contributed by atoms with Crippen LogP contribution in [0, 0.1) is 5.92 Å². The van der Waals surface area contributed by atoms with Gasteiger partial charge in [0, 0.05) is 38.1 Å². The fraction of sp³-hybridized carbons (Fsp3) is 0.769. The minimum absolute atomic E-state index is 0.425. The van der Waals surface area contributed by atoms with Crippen molar-refractivity contribution in [3.8, 4) is 0 Å². The maximum absolute atomic E-state index is 5.77. The second-order valence-electron chi connectivity index (χ2n) is 5.13. The van der Waals surface area contributed by atoms with E-state index in [1.54, 1.807) is 0 Å². The summed E-state index contributed by atoms with van der Waals surface area (Å²) in [6, 6.07) is 0.611. The quantitative estimate of drug-likeness (QED) is 0.847. The van der Waals surface area contributed by atoms with E-state index in [9.17, 15) is 0 Å². The largest absolute Gasteiger partial charge is 0.378 e. The Labute approximate surface area is 103 Å². The van der Waals surface area contributed by atoms with Crippen molar-refractivity contribution in [2.45, 2.75) is 45.4 Å². The number of hydrogen-bond donors (Lipinski definition) is 1. The Kier molecular flexibility index (Phi) is 4.57. The van der Waals surface area contributed by atoms with Crippen LogP contribution in [0.5, 0.6) is 0 Å². The third-order valence-electron chi connectivity index (χ3n) is 3.42. The van der Waals surface area contributed by atoms with Crippen molar-refractivity contribution < 1.29 is 4.74 Å². The Hall–Kier alpha value is -0.870. The average Bonchev–Trinajstić information content (AvgIpc) is 2.82. The van der Waals surface area contributed by atoms with E-state index in [-0.39, 0.29) is 0 Å². The Bertz CT molecular complexity index is 310. The Morgan fingerprint density at radius 3 is 3.12 bits per heavy atom. The first kappa shape index (κ1) is 12.6. The summed E-state index contributed by atoms with van der Waals surface area (Å²) >= 11 is 0. The Morgan fingerprint density at radius 1 is 1.53 bits per heavy atom. The topological polar surface area (TPSA) is 39.1 Å². The van der Waals surface area contributed by atoms with Gasteiger partial charge in [-0.05, 0) is 18.8 Å². The van der Waals surface area contributed by atoms with Gasteiger partial charge < -0.3 is 14.6 Å². The van der Waals surface area contributed by atoms with Crippen LogP contribution in [0.25, 0.3) is 0 Å². The molecule has 0 saturated carbocycles. The van der Waals surface area contributed by atoms with E-state index in [2.05, 4.69) is 28.7 Å². The van der Waals surface area contributed by atoms with Gasteiger partial charge in [-0.15, -0.1) is 0 Å². The summed E-state index contributed by atoms with van der Waals surface area (Å²) in [7, 11) is 0. The molecule has 2 atom stereocenters. The molecule has 1 aliphatic rings. The van der Waals surface area contributed by atoms with Gasteiger partial charge in [-0.3, -0.25) is 0 Å². The molecule has 1 saturated heterocycles. The zero-order chi connectivity index (χ0) is 12.1. The summed E-state index contributed by atoms with van der Waals surface area (Å²) in [5.74, 6) is 0.619. The van der Waals surface area contributed by atoms with Crippen LogP contribution in [-0.4, -0.2) is 34.8 Å². The first-order chi connectivity index (χ1) is 8.25. The summed E-state index contributed by atoms with van der Waals surface area (Å²) in [5, 5.41) is 3.62. The zero-order valence-electron chi connectivity index (χ0n) is 10.8. The van der Waals surface area contributed by atoms with E-state index < -0.39 is 0 Å². The number of nitrogens with zero attached hydrogens (tertiary/aromatic N) is 2. The molecule has 1 aromatic heterocycles. The number of hydrogen-bond acceptors (Lipinski definition) is 3. The van der Waals surface area contributed by atoms with Crippen molar-refractivity contribution in [2.24, 2.45) is 5.92 Å². The molecule has 0 amide bonds. The third-order valence-corrected chi connectivity index (χ3v) is 3.42. The molecule has 1 aromatic rings. The highest BCUT2D eigenvalue weighted by Gasteiger charge is 2.24. The minimum atomic E-state index is 0.425. The van der Waals surface area contributed by atoms with Crippen LogP contribution in [0.3, 0.4) is 0 Å². The first-order valence-electron chi connectivity index (χ1n) is 6.56. The number of nitrogens with one attached hydrogen (secondary N) is 1. The Morgan fingerprint density at radius 2 is 2.41 bits per heavy atom. The molecule has 1 fully saturated rings. The van der Waals surface area contributed by atoms with Gasteiger partial charge >= 0.3 is 0 Å². The first-order valence-corrected chi connectivity index (χ1v) is 6.56. The molecule has 1 aliphatic heterocycles. The minimum Gasteiger partial charge on any atom is -0.378 e. The summed E-state index contributed by atoms with van der Waals surface area (Å²) in [6.45, 7) is 7.36. The molecule has 2 rings (SSSR count). The summed E-state index contributed by atoms with van der Waals surface area (Å²) in [4.78, 5) is 4.04. The lowest BCUT2D eigenvalue weighted by Crippen LogP contribution is -2.41. The maximum Gasteiger partial charge on any atom is 0.0946 e. The van der Waals surface area contributed by atoms with Crippen molar-refractivity contribution in [3.05, 3.63) is 18.7 Å². The SMILES string of the molecule is CC(C)C1CC(NCCn2ccnc2)CCO1.